The Balaban J connectivity index is 2.16. The van der Waals surface area contributed by atoms with E-state index in [1.165, 1.54) is 36.8 Å². The highest BCUT2D eigenvalue weighted by molar-refractivity contribution is 5.27. The molecule has 0 aliphatic heterocycles. The molecule has 112 valence electrons. The van der Waals surface area contributed by atoms with Crippen LogP contribution < -0.4 is 5.73 Å². The first kappa shape index (κ1) is 15.5. The van der Waals surface area contributed by atoms with Gasteiger partial charge in [-0.3, -0.25) is 0 Å². The van der Waals surface area contributed by atoms with E-state index >= 15 is 0 Å². The zero-order valence-corrected chi connectivity index (χ0v) is 13.5. The summed E-state index contributed by atoms with van der Waals surface area (Å²) in [7, 11) is 4.40. The average Bonchev–Trinajstić information content (AvgIpc) is 2.42. The lowest BCUT2D eigenvalue weighted by molar-refractivity contribution is 0.0568. The van der Waals surface area contributed by atoms with Crippen LogP contribution in [0.1, 0.15) is 43.7 Å². The van der Waals surface area contributed by atoms with E-state index in [1.807, 2.05) is 0 Å². The molecule has 0 aromatic heterocycles. The van der Waals surface area contributed by atoms with Crippen LogP contribution in [0.5, 0.6) is 0 Å². The van der Waals surface area contributed by atoms with E-state index in [2.05, 4.69) is 57.1 Å². The van der Waals surface area contributed by atoms with E-state index < -0.39 is 0 Å². The van der Waals surface area contributed by atoms with Gasteiger partial charge in [-0.2, -0.15) is 0 Å². The number of rotatable bonds is 4. The van der Waals surface area contributed by atoms with Gasteiger partial charge < -0.3 is 10.6 Å². The number of hydrogen-bond acceptors (Lipinski definition) is 2. The summed E-state index contributed by atoms with van der Waals surface area (Å²) in [5, 5.41) is 0. The molecule has 1 aliphatic rings. The minimum Gasteiger partial charge on any atom is -0.326 e. The van der Waals surface area contributed by atoms with E-state index in [9.17, 15) is 0 Å². The minimum atomic E-state index is 0.175. The zero-order chi connectivity index (χ0) is 14.8. The van der Waals surface area contributed by atoms with Gasteiger partial charge in [0.15, 0.2) is 0 Å². The standard InChI is InChI=1S/C18H30N2/c1-14-9-11-18(12-10-14,20(3)4)17(19)13-16-8-6-5-7-15(16)2/h5-8,14,17H,9-13,19H2,1-4H3. The number of nitrogens with zero attached hydrogens (tertiary/aromatic N) is 1. The van der Waals surface area contributed by atoms with E-state index in [0.29, 0.717) is 0 Å². The van der Waals surface area contributed by atoms with Crippen LogP contribution in [0, 0.1) is 12.8 Å². The van der Waals surface area contributed by atoms with Crippen molar-refractivity contribution in [2.75, 3.05) is 14.1 Å². The molecule has 0 saturated heterocycles. The Hall–Kier alpha value is -0.860. The van der Waals surface area contributed by atoms with Crippen LogP contribution in [0.2, 0.25) is 0 Å². The summed E-state index contributed by atoms with van der Waals surface area (Å²) in [4.78, 5) is 2.39. The molecule has 0 amide bonds. The lowest BCUT2D eigenvalue weighted by Gasteiger charge is -2.48. The Bertz CT molecular complexity index is 431. The topological polar surface area (TPSA) is 29.3 Å². The summed E-state index contributed by atoms with van der Waals surface area (Å²) in [6, 6.07) is 8.86. The van der Waals surface area contributed by atoms with Gasteiger partial charge in [0.1, 0.15) is 0 Å². The van der Waals surface area contributed by atoms with Gasteiger partial charge in [0, 0.05) is 11.6 Å². The fourth-order valence-electron chi connectivity index (χ4n) is 3.68. The fourth-order valence-corrected chi connectivity index (χ4v) is 3.68. The van der Waals surface area contributed by atoms with Crippen LogP contribution in [0.25, 0.3) is 0 Å². The van der Waals surface area contributed by atoms with Crippen molar-refractivity contribution in [2.45, 2.75) is 57.5 Å². The molecule has 1 atom stereocenters. The summed E-state index contributed by atoms with van der Waals surface area (Å²) in [6.07, 6.45) is 6.06. The molecule has 20 heavy (non-hydrogen) atoms. The van der Waals surface area contributed by atoms with Gasteiger partial charge in [-0.05, 0) is 70.2 Å². The van der Waals surface area contributed by atoms with Crippen molar-refractivity contribution in [1.82, 2.24) is 4.90 Å². The maximum Gasteiger partial charge on any atom is 0.0357 e. The zero-order valence-electron chi connectivity index (χ0n) is 13.5. The first-order chi connectivity index (χ1) is 9.45. The Morgan fingerprint density at radius 3 is 2.40 bits per heavy atom. The summed E-state index contributed by atoms with van der Waals surface area (Å²) >= 11 is 0. The van der Waals surface area contributed by atoms with Crippen molar-refractivity contribution >= 4 is 0 Å². The van der Waals surface area contributed by atoms with E-state index in [-0.39, 0.29) is 11.6 Å². The molecule has 0 heterocycles. The summed E-state index contributed by atoms with van der Waals surface area (Å²) in [5.74, 6) is 0.855. The number of aryl methyl sites for hydroxylation is 1. The molecule has 2 N–H and O–H groups in total. The first-order valence-corrected chi connectivity index (χ1v) is 7.93. The van der Waals surface area contributed by atoms with Gasteiger partial charge in [-0.15, -0.1) is 0 Å². The Morgan fingerprint density at radius 1 is 1.25 bits per heavy atom. The highest BCUT2D eigenvalue weighted by atomic mass is 15.2. The van der Waals surface area contributed by atoms with Crippen LogP contribution >= 0.6 is 0 Å². The molecule has 0 radical (unpaired) electrons. The van der Waals surface area contributed by atoms with Crippen molar-refractivity contribution in [3.63, 3.8) is 0 Å². The lowest BCUT2D eigenvalue weighted by atomic mass is 9.71. The summed E-state index contributed by atoms with van der Waals surface area (Å²) in [6.45, 7) is 4.56. The Kier molecular flexibility index (Phi) is 4.87. The lowest BCUT2D eigenvalue weighted by Crippen LogP contribution is -2.59. The fraction of sp³-hybridized carbons (Fsp3) is 0.667. The molecular weight excluding hydrogens is 244 g/mol. The van der Waals surface area contributed by atoms with Gasteiger partial charge in [0.05, 0.1) is 0 Å². The van der Waals surface area contributed by atoms with Crippen molar-refractivity contribution in [2.24, 2.45) is 11.7 Å². The van der Waals surface area contributed by atoms with E-state index in [4.69, 9.17) is 5.73 Å². The molecule has 1 saturated carbocycles. The van der Waals surface area contributed by atoms with Gasteiger partial charge in [0.2, 0.25) is 0 Å². The second-order valence-electron chi connectivity index (χ2n) is 6.92. The molecule has 2 nitrogen and oxygen atoms in total. The van der Waals surface area contributed by atoms with Gasteiger partial charge >= 0.3 is 0 Å². The molecule has 0 spiro atoms. The highest BCUT2D eigenvalue weighted by Crippen LogP contribution is 2.38. The average molecular weight is 274 g/mol. The second kappa shape index (κ2) is 6.28. The van der Waals surface area contributed by atoms with E-state index in [1.54, 1.807) is 0 Å². The molecule has 1 aromatic carbocycles. The maximum atomic E-state index is 6.69. The third kappa shape index (κ3) is 3.07. The number of likely N-dealkylation sites (N-methyl/N-ethyl adjacent to an activating group) is 1. The largest absolute Gasteiger partial charge is 0.326 e. The molecule has 1 unspecified atom stereocenters. The minimum absolute atomic E-state index is 0.175. The smallest absolute Gasteiger partial charge is 0.0357 e. The first-order valence-electron chi connectivity index (χ1n) is 7.93. The van der Waals surface area contributed by atoms with Crippen molar-refractivity contribution in [3.05, 3.63) is 35.4 Å². The van der Waals surface area contributed by atoms with Gasteiger partial charge in [0.25, 0.3) is 0 Å². The molecular formula is C18H30N2. The van der Waals surface area contributed by atoms with Crippen LogP contribution in [0.4, 0.5) is 0 Å². The number of benzene rings is 1. The van der Waals surface area contributed by atoms with Crippen LogP contribution in [0.3, 0.4) is 0 Å². The third-order valence-electron chi connectivity index (χ3n) is 5.42. The molecule has 0 bridgehead atoms. The Labute approximate surface area is 124 Å². The SMILES string of the molecule is Cc1ccccc1CC(N)C1(N(C)C)CCC(C)CC1. The summed E-state index contributed by atoms with van der Waals surface area (Å²) in [5.41, 5.74) is 9.63. The second-order valence-corrected chi connectivity index (χ2v) is 6.92. The van der Waals surface area contributed by atoms with Crippen LogP contribution in [0.15, 0.2) is 24.3 Å². The van der Waals surface area contributed by atoms with Crippen LogP contribution in [-0.4, -0.2) is 30.6 Å². The van der Waals surface area contributed by atoms with Gasteiger partial charge in [-0.25, -0.2) is 0 Å². The Morgan fingerprint density at radius 2 is 1.85 bits per heavy atom. The van der Waals surface area contributed by atoms with Crippen LogP contribution in [-0.2, 0) is 6.42 Å². The maximum absolute atomic E-state index is 6.69. The monoisotopic (exact) mass is 274 g/mol. The van der Waals surface area contributed by atoms with Crippen molar-refractivity contribution in [3.8, 4) is 0 Å². The predicted molar refractivity (Wildman–Crippen MR) is 86.9 cm³/mol. The number of nitrogens with two attached hydrogens (primary N) is 1. The molecule has 2 rings (SSSR count). The molecule has 1 aromatic rings. The van der Waals surface area contributed by atoms with Gasteiger partial charge in [-0.1, -0.05) is 31.2 Å². The predicted octanol–water partition coefficient (Wildman–Crippen LogP) is 3.38. The van der Waals surface area contributed by atoms with E-state index in [0.717, 1.165) is 12.3 Å². The van der Waals surface area contributed by atoms with Crippen molar-refractivity contribution in [1.29, 1.82) is 0 Å². The van der Waals surface area contributed by atoms with Crippen molar-refractivity contribution < 1.29 is 0 Å². The molecule has 1 fully saturated rings. The quantitative estimate of drug-likeness (QED) is 0.912. The highest BCUT2D eigenvalue weighted by Gasteiger charge is 2.41. The third-order valence-corrected chi connectivity index (χ3v) is 5.42. The molecule has 2 heteroatoms. The molecule has 1 aliphatic carbocycles. The number of hydrogen-bond donors (Lipinski definition) is 1. The summed E-state index contributed by atoms with van der Waals surface area (Å²) < 4.78 is 0. The normalized spacial score (nSPS) is 28.6.